The van der Waals surface area contributed by atoms with Crippen LogP contribution in [0.1, 0.15) is 25.8 Å². The molecule has 1 aromatic rings. The number of carbonyl (C=O) groups is 3. The van der Waals surface area contributed by atoms with E-state index in [1.807, 2.05) is 43.0 Å². The van der Waals surface area contributed by atoms with Gasteiger partial charge in [-0.2, -0.15) is 0 Å². The Bertz CT molecular complexity index is 764. The van der Waals surface area contributed by atoms with E-state index in [1.165, 1.54) is 0 Å². The number of rotatable bonds is 4. The molecule has 4 amide bonds. The van der Waals surface area contributed by atoms with Crippen molar-refractivity contribution in [2.24, 2.45) is 11.3 Å². The lowest BCUT2D eigenvalue weighted by Crippen LogP contribution is -2.47. The van der Waals surface area contributed by atoms with Crippen LogP contribution in [-0.2, 0) is 16.1 Å². The summed E-state index contributed by atoms with van der Waals surface area (Å²) in [5.74, 6) is 0.682. The number of hydrogen-bond acceptors (Lipinski definition) is 4. The summed E-state index contributed by atoms with van der Waals surface area (Å²) in [6, 6.07) is 7.34. The Morgan fingerprint density at radius 1 is 1.17 bits per heavy atom. The van der Waals surface area contributed by atoms with Gasteiger partial charge in [0.05, 0.1) is 7.11 Å². The molecule has 0 unspecified atom stereocenters. The second kappa shape index (κ2) is 8.71. The Balaban J connectivity index is 1.68. The fourth-order valence-corrected chi connectivity index (χ4v) is 3.99. The first-order valence-electron chi connectivity index (χ1n) is 10.0. The highest BCUT2D eigenvalue weighted by atomic mass is 16.5. The maximum Gasteiger partial charge on any atom is 0.317 e. The molecule has 1 aromatic carbocycles. The monoisotopic (exact) mass is 402 g/mol. The van der Waals surface area contributed by atoms with Crippen molar-refractivity contribution >= 4 is 17.8 Å². The molecule has 2 heterocycles. The van der Waals surface area contributed by atoms with Gasteiger partial charge in [-0.1, -0.05) is 26.0 Å². The molecule has 0 bridgehead atoms. The van der Waals surface area contributed by atoms with E-state index in [0.29, 0.717) is 45.7 Å². The van der Waals surface area contributed by atoms with Crippen molar-refractivity contribution in [3.05, 3.63) is 29.8 Å². The molecule has 8 nitrogen and oxygen atoms in total. The maximum absolute atomic E-state index is 12.9. The number of benzene rings is 1. The normalized spacial score (nSPS) is 21.9. The highest BCUT2D eigenvalue weighted by Gasteiger charge is 2.45. The molecule has 8 heteroatoms. The Labute approximate surface area is 171 Å². The molecular weight excluding hydrogens is 372 g/mol. The third-order valence-corrected chi connectivity index (χ3v) is 5.58. The van der Waals surface area contributed by atoms with Crippen LogP contribution < -0.4 is 15.4 Å². The molecule has 2 aliphatic rings. The van der Waals surface area contributed by atoms with Crippen molar-refractivity contribution in [2.45, 2.75) is 26.8 Å². The van der Waals surface area contributed by atoms with Crippen LogP contribution in [0.4, 0.5) is 4.79 Å². The highest BCUT2D eigenvalue weighted by molar-refractivity contribution is 5.81. The van der Waals surface area contributed by atoms with Crippen molar-refractivity contribution in [3.8, 4) is 5.75 Å². The number of ether oxygens (including phenoxy) is 1. The first-order chi connectivity index (χ1) is 13.8. The SMILES string of the molecule is COc1ccc(CNC(=O)N2CCN(C(=O)C(C)C)C[C@@]3(CNC(=O)C3)C2)cc1. The number of amides is 4. The number of carbonyl (C=O) groups excluding carboxylic acids is 3. The van der Waals surface area contributed by atoms with Crippen molar-refractivity contribution in [1.82, 2.24) is 20.4 Å². The summed E-state index contributed by atoms with van der Waals surface area (Å²) < 4.78 is 5.15. The van der Waals surface area contributed by atoms with Crippen molar-refractivity contribution in [3.63, 3.8) is 0 Å². The fourth-order valence-electron chi connectivity index (χ4n) is 3.99. The Kier molecular flexibility index (Phi) is 6.30. The predicted molar refractivity (Wildman–Crippen MR) is 108 cm³/mol. The summed E-state index contributed by atoms with van der Waals surface area (Å²) in [4.78, 5) is 40.9. The standard InChI is InChI=1S/C21H30N4O4/c1-15(2)19(27)24-8-9-25(14-21(13-24)10-18(26)23-12-21)20(28)22-11-16-4-6-17(29-3)7-5-16/h4-7,15H,8-14H2,1-3H3,(H,22,28)(H,23,26)/t21-/m1/s1. The van der Waals surface area contributed by atoms with E-state index >= 15 is 0 Å². The van der Waals surface area contributed by atoms with Crippen molar-refractivity contribution < 1.29 is 19.1 Å². The molecule has 1 spiro atoms. The molecule has 0 aliphatic carbocycles. The van der Waals surface area contributed by atoms with Crippen LogP contribution in [0.2, 0.25) is 0 Å². The molecule has 0 saturated carbocycles. The van der Waals surface area contributed by atoms with E-state index < -0.39 is 5.41 Å². The van der Waals surface area contributed by atoms with E-state index in [1.54, 1.807) is 12.0 Å². The molecule has 29 heavy (non-hydrogen) atoms. The summed E-state index contributed by atoms with van der Waals surface area (Å²) in [7, 11) is 1.61. The third-order valence-electron chi connectivity index (χ3n) is 5.58. The van der Waals surface area contributed by atoms with Gasteiger partial charge in [-0.3, -0.25) is 9.59 Å². The van der Waals surface area contributed by atoms with Gasteiger partial charge in [0.2, 0.25) is 11.8 Å². The van der Waals surface area contributed by atoms with Gasteiger partial charge in [0, 0.05) is 57.0 Å². The summed E-state index contributed by atoms with van der Waals surface area (Å²) in [6.07, 6.45) is 0.330. The average molecular weight is 402 g/mol. The van der Waals surface area contributed by atoms with Gasteiger partial charge in [0.15, 0.2) is 0 Å². The van der Waals surface area contributed by atoms with E-state index in [2.05, 4.69) is 10.6 Å². The molecule has 2 fully saturated rings. The Morgan fingerprint density at radius 2 is 1.83 bits per heavy atom. The molecule has 158 valence electrons. The average Bonchev–Trinajstić information content (AvgIpc) is 2.96. The van der Waals surface area contributed by atoms with Crippen LogP contribution in [0.3, 0.4) is 0 Å². The van der Waals surface area contributed by atoms with E-state index in [4.69, 9.17) is 4.74 Å². The topological polar surface area (TPSA) is 91.0 Å². The quantitative estimate of drug-likeness (QED) is 0.792. The van der Waals surface area contributed by atoms with Crippen LogP contribution in [0.5, 0.6) is 5.75 Å². The Hall–Kier alpha value is -2.77. The smallest absolute Gasteiger partial charge is 0.317 e. The van der Waals surface area contributed by atoms with Gasteiger partial charge in [-0.15, -0.1) is 0 Å². The summed E-state index contributed by atoms with van der Waals surface area (Å²) in [5, 5.41) is 5.83. The largest absolute Gasteiger partial charge is 0.497 e. The van der Waals surface area contributed by atoms with Crippen LogP contribution in [0.25, 0.3) is 0 Å². The zero-order valence-corrected chi connectivity index (χ0v) is 17.4. The van der Waals surface area contributed by atoms with Crippen LogP contribution in [0, 0.1) is 11.3 Å². The number of nitrogens with zero attached hydrogens (tertiary/aromatic N) is 2. The summed E-state index contributed by atoms with van der Waals surface area (Å²) in [6.45, 7) is 6.49. The number of methoxy groups -OCH3 is 1. The van der Waals surface area contributed by atoms with E-state index in [0.717, 1.165) is 11.3 Å². The Morgan fingerprint density at radius 3 is 2.41 bits per heavy atom. The molecule has 1 atom stereocenters. The number of urea groups is 1. The second-order valence-electron chi connectivity index (χ2n) is 8.30. The summed E-state index contributed by atoms with van der Waals surface area (Å²) in [5.41, 5.74) is 0.535. The maximum atomic E-state index is 12.9. The minimum Gasteiger partial charge on any atom is -0.497 e. The molecule has 2 saturated heterocycles. The molecule has 0 radical (unpaired) electrons. The number of nitrogens with one attached hydrogen (secondary N) is 2. The lowest BCUT2D eigenvalue weighted by atomic mass is 9.86. The number of hydrogen-bond donors (Lipinski definition) is 2. The molecule has 2 N–H and O–H groups in total. The minimum absolute atomic E-state index is 0.0255. The zero-order valence-electron chi connectivity index (χ0n) is 17.4. The van der Waals surface area contributed by atoms with Gasteiger partial charge < -0.3 is 25.2 Å². The first kappa shape index (κ1) is 21.0. The van der Waals surface area contributed by atoms with Gasteiger partial charge >= 0.3 is 6.03 Å². The lowest BCUT2D eigenvalue weighted by Gasteiger charge is -2.33. The first-order valence-corrected chi connectivity index (χ1v) is 10.0. The fraction of sp³-hybridized carbons (Fsp3) is 0.571. The minimum atomic E-state index is -0.435. The van der Waals surface area contributed by atoms with Crippen molar-refractivity contribution in [2.75, 3.05) is 39.8 Å². The van der Waals surface area contributed by atoms with Gasteiger partial charge in [-0.25, -0.2) is 4.79 Å². The van der Waals surface area contributed by atoms with Crippen LogP contribution >= 0.6 is 0 Å². The van der Waals surface area contributed by atoms with Crippen molar-refractivity contribution in [1.29, 1.82) is 0 Å². The third kappa shape index (κ3) is 4.99. The summed E-state index contributed by atoms with van der Waals surface area (Å²) >= 11 is 0. The molecule has 0 aromatic heterocycles. The highest BCUT2D eigenvalue weighted by Crippen LogP contribution is 2.31. The molecular formula is C21H30N4O4. The van der Waals surface area contributed by atoms with E-state index in [9.17, 15) is 14.4 Å². The molecule has 2 aliphatic heterocycles. The van der Waals surface area contributed by atoms with Gasteiger partial charge in [0.1, 0.15) is 5.75 Å². The van der Waals surface area contributed by atoms with E-state index in [-0.39, 0.29) is 23.8 Å². The second-order valence-corrected chi connectivity index (χ2v) is 8.30. The molecule has 3 rings (SSSR count). The predicted octanol–water partition coefficient (Wildman–Crippen LogP) is 1.21. The lowest BCUT2D eigenvalue weighted by molar-refractivity contribution is -0.135. The van der Waals surface area contributed by atoms with Crippen LogP contribution in [-0.4, -0.2) is 67.5 Å². The van der Waals surface area contributed by atoms with Gasteiger partial charge in [0.25, 0.3) is 0 Å². The zero-order chi connectivity index (χ0) is 21.0. The van der Waals surface area contributed by atoms with Gasteiger partial charge in [-0.05, 0) is 17.7 Å². The van der Waals surface area contributed by atoms with Crippen LogP contribution in [0.15, 0.2) is 24.3 Å².